The molecular weight excluding hydrogens is 602 g/mol. The number of nitrogens with zero attached hydrogens (tertiary/aromatic N) is 2. The first-order chi connectivity index (χ1) is 21.6. The van der Waals surface area contributed by atoms with Crippen LogP contribution in [0, 0.1) is 11.6 Å². The van der Waals surface area contributed by atoms with Crippen molar-refractivity contribution >= 4 is 17.5 Å². The first-order valence-corrected chi connectivity index (χ1v) is 15.2. The van der Waals surface area contributed by atoms with Crippen molar-refractivity contribution in [3.8, 4) is 22.6 Å². The fourth-order valence-corrected chi connectivity index (χ4v) is 6.48. The maximum Gasteiger partial charge on any atom is 0.249 e. The zero-order valence-corrected chi connectivity index (χ0v) is 25.4. The predicted molar refractivity (Wildman–Crippen MR) is 165 cm³/mol. The highest BCUT2D eigenvalue weighted by molar-refractivity contribution is 6.34. The van der Waals surface area contributed by atoms with Crippen LogP contribution in [-0.2, 0) is 18.6 Å². The van der Waals surface area contributed by atoms with Crippen LogP contribution < -0.4 is 20.5 Å². The largest absolute Gasteiger partial charge is 0.483 e. The van der Waals surface area contributed by atoms with Crippen molar-refractivity contribution in [1.29, 1.82) is 0 Å². The molecule has 8 nitrogen and oxygen atoms in total. The number of halogens is 3. The molecule has 0 radical (unpaired) electrons. The van der Waals surface area contributed by atoms with Crippen molar-refractivity contribution in [2.75, 3.05) is 6.54 Å². The number of ether oxygens (including phenoxy) is 2. The first kappa shape index (κ1) is 30.9. The van der Waals surface area contributed by atoms with Crippen molar-refractivity contribution in [2.24, 2.45) is 5.73 Å². The number of aromatic nitrogens is 2. The van der Waals surface area contributed by atoms with Crippen molar-refractivity contribution in [3.63, 3.8) is 0 Å². The van der Waals surface area contributed by atoms with Crippen molar-refractivity contribution in [1.82, 2.24) is 15.3 Å². The van der Waals surface area contributed by atoms with E-state index in [1.165, 1.54) is 30.6 Å². The number of fused-ring (bicyclic) bond motifs is 1. The minimum Gasteiger partial charge on any atom is -0.483 e. The second-order valence-electron chi connectivity index (χ2n) is 11.9. The molecule has 0 bridgehead atoms. The summed E-state index contributed by atoms with van der Waals surface area (Å²) in [4.78, 5) is 20.8. The van der Waals surface area contributed by atoms with Gasteiger partial charge in [-0.3, -0.25) is 4.79 Å². The number of rotatable bonds is 9. The summed E-state index contributed by atoms with van der Waals surface area (Å²) < 4.78 is 44.2. The summed E-state index contributed by atoms with van der Waals surface area (Å²) in [7, 11) is 0. The Morgan fingerprint density at radius 3 is 2.51 bits per heavy atom. The lowest BCUT2D eigenvalue weighted by molar-refractivity contribution is 0.0104. The smallest absolute Gasteiger partial charge is 0.249 e. The Labute approximate surface area is 264 Å². The summed E-state index contributed by atoms with van der Waals surface area (Å²) in [6.45, 7) is 2.05. The lowest BCUT2D eigenvalue weighted by Crippen LogP contribution is -2.48. The van der Waals surface area contributed by atoms with E-state index >= 15 is 8.78 Å². The van der Waals surface area contributed by atoms with Crippen molar-refractivity contribution in [2.45, 2.75) is 62.9 Å². The standard InChI is InChI=1S/C34H33ClF2N4O4/c1-33(43)12-10-21(11-13-33)41-19-34(20-6-3-2-4-7-20)17-23-26(45-34)16-24(36)30(35)28(23)29-22(32(38)42)8-9-25(31(29)37)44-18-27-39-14-5-15-40-27/h2-9,14-16,21,41,43H,10-13,17-19H2,1H3,(H2,38,42)/t21-,33+,34-/m1/s1. The van der Waals surface area contributed by atoms with Gasteiger partial charge in [0.15, 0.2) is 23.0 Å². The maximum absolute atomic E-state index is 16.4. The van der Waals surface area contributed by atoms with Crippen LogP contribution in [0.5, 0.6) is 11.5 Å². The Kier molecular flexibility index (Phi) is 8.47. The van der Waals surface area contributed by atoms with Gasteiger partial charge in [-0.05, 0) is 56.4 Å². The summed E-state index contributed by atoms with van der Waals surface area (Å²) in [5, 5.41) is 13.7. The molecule has 1 amide bonds. The van der Waals surface area contributed by atoms with Gasteiger partial charge in [0.1, 0.15) is 18.2 Å². The lowest BCUT2D eigenvalue weighted by atomic mass is 9.82. The molecule has 234 valence electrons. The second kappa shape index (κ2) is 12.3. The molecule has 4 N–H and O–H groups in total. The van der Waals surface area contributed by atoms with E-state index in [1.807, 2.05) is 37.3 Å². The third-order valence-electron chi connectivity index (χ3n) is 8.69. The summed E-state index contributed by atoms with van der Waals surface area (Å²) in [6.07, 6.45) is 6.16. The van der Waals surface area contributed by atoms with Crippen LogP contribution in [0.25, 0.3) is 11.1 Å². The van der Waals surface area contributed by atoms with Gasteiger partial charge in [0.05, 0.1) is 16.2 Å². The number of benzene rings is 3. The molecule has 45 heavy (non-hydrogen) atoms. The van der Waals surface area contributed by atoms with E-state index < -0.39 is 28.7 Å². The minimum atomic E-state index is -1.00. The Morgan fingerprint density at radius 2 is 1.82 bits per heavy atom. The molecule has 1 aromatic heterocycles. The van der Waals surface area contributed by atoms with Gasteiger partial charge >= 0.3 is 0 Å². The predicted octanol–water partition coefficient (Wildman–Crippen LogP) is 5.87. The summed E-state index contributed by atoms with van der Waals surface area (Å²) in [6, 6.07) is 15.1. The highest BCUT2D eigenvalue weighted by Gasteiger charge is 2.45. The molecule has 0 spiro atoms. The van der Waals surface area contributed by atoms with Gasteiger partial charge in [-0.1, -0.05) is 41.9 Å². The van der Waals surface area contributed by atoms with E-state index in [0.717, 1.165) is 18.4 Å². The van der Waals surface area contributed by atoms with Gasteiger partial charge in [0, 0.05) is 54.2 Å². The topological polar surface area (TPSA) is 120 Å². The molecular formula is C34H33ClF2N4O4. The third kappa shape index (κ3) is 6.22. The van der Waals surface area contributed by atoms with Gasteiger partial charge in [0.2, 0.25) is 5.91 Å². The number of primary amides is 1. The molecule has 0 unspecified atom stereocenters. The molecule has 1 aliphatic carbocycles. The average Bonchev–Trinajstić information content (AvgIpc) is 3.40. The summed E-state index contributed by atoms with van der Waals surface area (Å²) >= 11 is 6.60. The zero-order valence-electron chi connectivity index (χ0n) is 24.7. The number of hydrogen-bond donors (Lipinski definition) is 3. The molecule has 6 rings (SSSR count). The second-order valence-corrected chi connectivity index (χ2v) is 12.3. The molecule has 2 aliphatic rings. The van der Waals surface area contributed by atoms with Crippen LogP contribution in [0.15, 0.2) is 67.0 Å². The molecule has 4 aromatic rings. The number of hydrogen-bond acceptors (Lipinski definition) is 7. The molecule has 1 aliphatic heterocycles. The summed E-state index contributed by atoms with van der Waals surface area (Å²) in [5.41, 5.74) is 4.79. The Hall–Kier alpha value is -4.12. The molecule has 1 atom stereocenters. The molecule has 2 heterocycles. The minimum absolute atomic E-state index is 0.0223. The van der Waals surface area contributed by atoms with Crippen LogP contribution in [0.4, 0.5) is 8.78 Å². The lowest BCUT2D eigenvalue weighted by Gasteiger charge is -2.36. The zero-order chi connectivity index (χ0) is 31.8. The van der Waals surface area contributed by atoms with Crippen molar-refractivity contribution < 1.29 is 28.2 Å². The van der Waals surface area contributed by atoms with Crippen LogP contribution in [-0.4, -0.2) is 39.2 Å². The molecule has 1 saturated carbocycles. The van der Waals surface area contributed by atoms with Crippen LogP contribution in [0.2, 0.25) is 5.02 Å². The third-order valence-corrected chi connectivity index (χ3v) is 9.06. The van der Waals surface area contributed by atoms with Gasteiger partial charge in [-0.15, -0.1) is 0 Å². The fourth-order valence-electron chi connectivity index (χ4n) is 6.22. The molecule has 1 fully saturated rings. The van der Waals surface area contributed by atoms with E-state index in [1.54, 1.807) is 6.07 Å². The molecule has 3 aromatic carbocycles. The maximum atomic E-state index is 16.4. The van der Waals surface area contributed by atoms with E-state index in [-0.39, 0.29) is 52.3 Å². The molecule has 0 saturated heterocycles. The number of carbonyl (C=O) groups is 1. The Balaban J connectivity index is 1.41. The van der Waals surface area contributed by atoms with Crippen LogP contribution in [0.3, 0.4) is 0 Å². The number of nitrogens with one attached hydrogen (secondary N) is 1. The highest BCUT2D eigenvalue weighted by atomic mass is 35.5. The van der Waals surface area contributed by atoms with Crippen LogP contribution in [0.1, 0.15) is 59.9 Å². The Bertz CT molecular complexity index is 1720. The molecule has 11 heteroatoms. The Morgan fingerprint density at radius 1 is 1.11 bits per heavy atom. The quantitative estimate of drug-likeness (QED) is 0.211. The number of amides is 1. The summed E-state index contributed by atoms with van der Waals surface area (Å²) in [5.74, 6) is -2.39. The SMILES string of the molecule is C[C@]1(O)CC[C@@H](NC[C@@]2(c3ccccc3)Cc3c(cc(F)c(Cl)c3-c3c(C(N)=O)ccc(OCc4ncccn4)c3F)O2)CC1. The normalized spacial score (nSPS) is 22.5. The average molecular weight is 635 g/mol. The van der Waals surface area contributed by atoms with Gasteiger partial charge in [-0.25, -0.2) is 18.7 Å². The number of carbonyl (C=O) groups excluding carboxylic acids is 1. The first-order valence-electron chi connectivity index (χ1n) is 14.8. The van der Waals surface area contributed by atoms with Gasteiger partial charge < -0.3 is 25.6 Å². The van der Waals surface area contributed by atoms with E-state index in [9.17, 15) is 9.90 Å². The van der Waals surface area contributed by atoms with E-state index in [0.29, 0.717) is 30.8 Å². The van der Waals surface area contributed by atoms with Crippen LogP contribution >= 0.6 is 11.6 Å². The van der Waals surface area contributed by atoms with E-state index in [4.69, 9.17) is 26.8 Å². The highest BCUT2D eigenvalue weighted by Crippen LogP contribution is 2.50. The number of nitrogens with two attached hydrogens (primary N) is 1. The monoisotopic (exact) mass is 634 g/mol. The van der Waals surface area contributed by atoms with Crippen molar-refractivity contribution in [3.05, 3.63) is 106 Å². The van der Waals surface area contributed by atoms with Gasteiger partial charge in [-0.2, -0.15) is 0 Å². The fraction of sp³-hybridized carbons (Fsp3) is 0.324. The number of aliphatic hydroxyl groups is 1. The van der Waals surface area contributed by atoms with E-state index in [2.05, 4.69) is 15.3 Å². The van der Waals surface area contributed by atoms with Gasteiger partial charge in [0.25, 0.3) is 0 Å².